The van der Waals surface area contributed by atoms with Gasteiger partial charge in [0.15, 0.2) is 0 Å². The molecule has 0 atom stereocenters. The summed E-state index contributed by atoms with van der Waals surface area (Å²) in [7, 11) is 0. The first-order valence-electron chi connectivity index (χ1n) is 3.87. The fraction of sp³-hybridized carbons (Fsp3) is 0.111. The molecule has 1 heterocycles. The second kappa shape index (κ2) is 4.44. The van der Waals surface area contributed by atoms with Crippen LogP contribution in [0.25, 0.3) is 5.69 Å². The Labute approximate surface area is 92.7 Å². The molecule has 74 valence electrons. The Balaban J connectivity index is 0.000000980. The van der Waals surface area contributed by atoms with Crippen molar-refractivity contribution < 1.29 is 21.6 Å². The molecule has 0 spiro atoms. The quantitative estimate of drug-likeness (QED) is 0.584. The highest BCUT2D eigenvalue weighted by molar-refractivity contribution is 6.28. The molecule has 0 bridgehead atoms. The van der Waals surface area contributed by atoms with E-state index in [1.54, 1.807) is 10.9 Å². The summed E-state index contributed by atoms with van der Waals surface area (Å²) >= 11 is 5.59. The van der Waals surface area contributed by atoms with Crippen molar-refractivity contribution in [2.45, 2.75) is 6.92 Å². The van der Waals surface area contributed by atoms with Gasteiger partial charge in [-0.25, -0.2) is 0 Å². The molecule has 0 aliphatic carbocycles. The first kappa shape index (κ1) is 11.0. The lowest BCUT2D eigenvalue weighted by atomic mass is 10.2. The smallest absolute Gasteiger partial charge is 0.297 e. The topological polar surface area (TPSA) is 29.9 Å². The zero-order chi connectivity index (χ0) is 9.26. The van der Waals surface area contributed by atoms with Crippen molar-refractivity contribution in [2.75, 3.05) is 0 Å². The number of nitrogens with zero attached hydrogens (tertiary/aromatic N) is 2. The van der Waals surface area contributed by atoms with Crippen LogP contribution in [0.3, 0.4) is 0 Å². The largest absolute Gasteiger partial charge is 1.00 e. The second-order valence-corrected chi connectivity index (χ2v) is 3.16. The van der Waals surface area contributed by atoms with Crippen LogP contribution < -0.4 is 17.1 Å². The fourth-order valence-electron chi connectivity index (χ4n) is 1.05. The summed E-state index contributed by atoms with van der Waals surface area (Å²) < 4.78 is 6.31. The van der Waals surface area contributed by atoms with E-state index in [2.05, 4.69) is 5.27 Å². The van der Waals surface area contributed by atoms with Crippen LogP contribution in [0.15, 0.2) is 35.0 Å². The molecule has 5 heteroatoms. The van der Waals surface area contributed by atoms with Crippen LogP contribution in [0, 0.1) is 6.92 Å². The van der Waals surface area contributed by atoms with Crippen molar-refractivity contribution in [1.29, 1.82) is 0 Å². The summed E-state index contributed by atoms with van der Waals surface area (Å²) in [5.74, 6) is 0. The van der Waals surface area contributed by atoms with Gasteiger partial charge in [-0.1, -0.05) is 17.7 Å². The summed E-state index contributed by atoms with van der Waals surface area (Å²) in [6.45, 7) is 2.03. The third-order valence-electron chi connectivity index (χ3n) is 1.74. The van der Waals surface area contributed by atoms with E-state index < -0.39 is 0 Å². The zero-order valence-corrected chi connectivity index (χ0v) is 8.96. The van der Waals surface area contributed by atoms with E-state index in [1.165, 1.54) is 5.56 Å². The van der Waals surface area contributed by atoms with Gasteiger partial charge in [-0.2, -0.15) is 0 Å². The van der Waals surface area contributed by atoms with Crippen LogP contribution in [0.5, 0.6) is 0 Å². The normalized spacial score (nSPS) is 9.57. The molecule has 1 aromatic carbocycles. The monoisotopic (exact) mass is 230 g/mol. The summed E-state index contributed by atoms with van der Waals surface area (Å²) in [5, 5.41) is 4.00. The SMILES string of the molecule is Cc1ccc(-[n+]2cc(Cl)on2)cc1.[Cl-]. The summed E-state index contributed by atoms with van der Waals surface area (Å²) in [6.07, 6.45) is 1.62. The number of benzene rings is 1. The van der Waals surface area contributed by atoms with Gasteiger partial charge in [0, 0.05) is 12.1 Å². The van der Waals surface area contributed by atoms with E-state index in [0.717, 1.165) is 5.69 Å². The summed E-state index contributed by atoms with van der Waals surface area (Å²) in [6, 6.07) is 7.91. The molecule has 0 unspecified atom stereocenters. The van der Waals surface area contributed by atoms with Crippen LogP contribution in [-0.4, -0.2) is 5.27 Å². The molecule has 14 heavy (non-hydrogen) atoms. The minimum Gasteiger partial charge on any atom is -1.00 e. The fourth-order valence-corrected chi connectivity index (χ4v) is 1.17. The van der Waals surface area contributed by atoms with Crippen molar-refractivity contribution >= 4 is 11.6 Å². The Hall–Kier alpha value is -1.06. The first-order valence-corrected chi connectivity index (χ1v) is 4.25. The molecule has 3 nitrogen and oxygen atoms in total. The van der Waals surface area contributed by atoms with Crippen LogP contribution in [0.1, 0.15) is 5.56 Å². The molecule has 1 aromatic heterocycles. The maximum absolute atomic E-state index is 5.59. The number of halogens is 2. The van der Waals surface area contributed by atoms with Crippen molar-refractivity contribution in [2.24, 2.45) is 0 Å². The first-order chi connectivity index (χ1) is 6.25. The van der Waals surface area contributed by atoms with Crippen molar-refractivity contribution in [3.8, 4) is 5.69 Å². The van der Waals surface area contributed by atoms with Crippen molar-refractivity contribution in [3.05, 3.63) is 41.2 Å². The lowest BCUT2D eigenvalue weighted by molar-refractivity contribution is -0.670. The minimum atomic E-state index is 0. The Bertz CT molecular complexity index is 411. The van der Waals surface area contributed by atoms with Gasteiger partial charge in [-0.15, -0.1) is 0 Å². The maximum atomic E-state index is 5.59. The second-order valence-electron chi connectivity index (χ2n) is 2.79. The van der Waals surface area contributed by atoms with Crippen LogP contribution in [-0.2, 0) is 0 Å². The average Bonchev–Trinajstić information content (AvgIpc) is 2.53. The van der Waals surface area contributed by atoms with E-state index in [1.807, 2.05) is 31.2 Å². The third-order valence-corrected chi connectivity index (χ3v) is 1.90. The Morgan fingerprint density at radius 3 is 2.43 bits per heavy atom. The van der Waals surface area contributed by atoms with E-state index in [9.17, 15) is 0 Å². The minimum absolute atomic E-state index is 0. The molecule has 0 amide bonds. The van der Waals surface area contributed by atoms with Crippen LogP contribution >= 0.6 is 11.6 Å². The lowest BCUT2D eigenvalue weighted by Gasteiger charge is -1.88. The molecule has 0 aliphatic heterocycles. The Morgan fingerprint density at radius 1 is 1.29 bits per heavy atom. The zero-order valence-electron chi connectivity index (χ0n) is 7.45. The molecule has 0 fully saturated rings. The Morgan fingerprint density at radius 2 is 1.93 bits per heavy atom. The van der Waals surface area contributed by atoms with Gasteiger partial charge < -0.3 is 12.4 Å². The highest BCUT2D eigenvalue weighted by Gasteiger charge is 2.11. The van der Waals surface area contributed by atoms with Gasteiger partial charge in [0.05, 0.1) is 0 Å². The predicted octanol–water partition coefficient (Wildman–Crippen LogP) is -1.08. The van der Waals surface area contributed by atoms with Gasteiger partial charge in [0.25, 0.3) is 11.4 Å². The third kappa shape index (κ3) is 2.25. The molecule has 0 radical (unpaired) electrons. The highest BCUT2D eigenvalue weighted by Crippen LogP contribution is 2.05. The van der Waals surface area contributed by atoms with Gasteiger partial charge in [-0.3, -0.25) is 4.52 Å². The molecular weight excluding hydrogens is 223 g/mol. The number of hydrogen-bond acceptors (Lipinski definition) is 2. The van der Waals surface area contributed by atoms with Crippen LogP contribution in [0.4, 0.5) is 0 Å². The number of aromatic nitrogens is 2. The molecule has 0 aliphatic rings. The van der Waals surface area contributed by atoms with Crippen molar-refractivity contribution in [1.82, 2.24) is 5.27 Å². The maximum Gasteiger partial charge on any atom is 0.297 e. The van der Waals surface area contributed by atoms with E-state index >= 15 is 0 Å². The predicted molar refractivity (Wildman–Crippen MR) is 47.8 cm³/mol. The lowest BCUT2D eigenvalue weighted by Crippen LogP contribution is -3.00. The van der Waals surface area contributed by atoms with Crippen molar-refractivity contribution in [3.63, 3.8) is 0 Å². The molecular formula is C9H8Cl2N2O. The molecule has 0 N–H and O–H groups in total. The summed E-state index contributed by atoms with van der Waals surface area (Å²) in [5.41, 5.74) is 2.14. The van der Waals surface area contributed by atoms with Gasteiger partial charge >= 0.3 is 0 Å². The van der Waals surface area contributed by atoms with Crippen LogP contribution in [0.2, 0.25) is 5.22 Å². The molecule has 2 aromatic rings. The van der Waals surface area contributed by atoms with E-state index in [0.29, 0.717) is 0 Å². The highest BCUT2D eigenvalue weighted by atomic mass is 35.5. The average molecular weight is 231 g/mol. The van der Waals surface area contributed by atoms with E-state index in [4.69, 9.17) is 16.1 Å². The van der Waals surface area contributed by atoms with Gasteiger partial charge in [0.2, 0.25) is 11.0 Å². The van der Waals surface area contributed by atoms with E-state index in [-0.39, 0.29) is 17.6 Å². The standard InChI is InChI=1S/C9H8ClN2O.ClH/c1-7-2-4-8(5-3-7)12-6-9(10)13-11-12;/h2-6H,1H3;1H/q+1;/p-1. The molecule has 0 saturated heterocycles. The molecule has 2 rings (SSSR count). The Kier molecular flexibility index (Phi) is 3.49. The number of rotatable bonds is 1. The number of aryl methyl sites for hydroxylation is 1. The molecule has 0 saturated carbocycles. The number of hydrogen-bond donors (Lipinski definition) is 0. The summed E-state index contributed by atoms with van der Waals surface area (Å²) in [4.78, 5) is 0. The van der Waals surface area contributed by atoms with Gasteiger partial charge in [0.1, 0.15) is 0 Å². The van der Waals surface area contributed by atoms with Gasteiger partial charge in [-0.05, 0) is 23.2 Å².